The van der Waals surface area contributed by atoms with Crippen LogP contribution < -0.4 is 0 Å². The third-order valence-corrected chi connectivity index (χ3v) is 3.05. The van der Waals surface area contributed by atoms with E-state index in [0.29, 0.717) is 13.0 Å². The minimum absolute atomic E-state index is 0.470. The number of hydrogen-bond donors (Lipinski definition) is 1. The minimum Gasteiger partial charge on any atom is -0.388 e. The zero-order valence-corrected chi connectivity index (χ0v) is 11.3. The van der Waals surface area contributed by atoms with Crippen LogP contribution in [0.4, 0.5) is 0 Å². The Morgan fingerprint density at radius 2 is 2.05 bits per heavy atom. The highest BCUT2D eigenvalue weighted by Gasteiger charge is 2.12. The number of aromatic nitrogens is 3. The molecule has 102 valence electrons. The van der Waals surface area contributed by atoms with Crippen LogP contribution >= 0.6 is 0 Å². The van der Waals surface area contributed by atoms with Gasteiger partial charge in [-0.15, -0.1) is 0 Å². The molecule has 0 bridgehead atoms. The molecular formula is C14H19N3O2. The fourth-order valence-electron chi connectivity index (χ4n) is 2.00. The molecule has 0 aliphatic carbocycles. The second-order valence-corrected chi connectivity index (χ2v) is 4.39. The van der Waals surface area contributed by atoms with Gasteiger partial charge in [-0.25, -0.2) is 4.98 Å². The third kappa shape index (κ3) is 3.39. The van der Waals surface area contributed by atoms with Gasteiger partial charge in [0.05, 0.1) is 12.7 Å². The van der Waals surface area contributed by atoms with Crippen LogP contribution in [0.1, 0.15) is 30.0 Å². The molecule has 0 amide bonds. The van der Waals surface area contributed by atoms with Crippen LogP contribution in [0.2, 0.25) is 0 Å². The predicted octanol–water partition coefficient (Wildman–Crippen LogP) is 1.72. The Hall–Kier alpha value is -1.72. The van der Waals surface area contributed by atoms with Gasteiger partial charge in [0, 0.05) is 20.1 Å². The second-order valence-electron chi connectivity index (χ2n) is 4.39. The van der Waals surface area contributed by atoms with E-state index in [2.05, 4.69) is 10.1 Å². The third-order valence-electron chi connectivity index (χ3n) is 3.05. The molecule has 2 rings (SSSR count). The fourth-order valence-corrected chi connectivity index (χ4v) is 2.00. The molecule has 5 nitrogen and oxygen atoms in total. The van der Waals surface area contributed by atoms with E-state index in [1.807, 2.05) is 31.2 Å². The lowest BCUT2D eigenvalue weighted by Gasteiger charge is -2.11. The SMILES string of the molecule is CCn1ncnc1CC(O)c1ccc(COC)cc1. The smallest absolute Gasteiger partial charge is 0.138 e. The van der Waals surface area contributed by atoms with Crippen molar-refractivity contribution in [1.29, 1.82) is 0 Å². The summed E-state index contributed by atoms with van der Waals surface area (Å²) in [5.74, 6) is 0.802. The van der Waals surface area contributed by atoms with Crippen LogP contribution in [0.3, 0.4) is 0 Å². The summed E-state index contributed by atoms with van der Waals surface area (Å²) in [4.78, 5) is 4.17. The van der Waals surface area contributed by atoms with Crippen molar-refractivity contribution in [3.63, 3.8) is 0 Å². The zero-order chi connectivity index (χ0) is 13.7. The van der Waals surface area contributed by atoms with E-state index < -0.39 is 6.10 Å². The Morgan fingerprint density at radius 3 is 2.68 bits per heavy atom. The summed E-state index contributed by atoms with van der Waals surface area (Å²) in [5, 5.41) is 14.3. The van der Waals surface area contributed by atoms with E-state index >= 15 is 0 Å². The van der Waals surface area contributed by atoms with Crippen molar-refractivity contribution in [2.75, 3.05) is 7.11 Å². The number of methoxy groups -OCH3 is 1. The predicted molar refractivity (Wildman–Crippen MR) is 71.5 cm³/mol. The Bertz CT molecular complexity index is 508. The Labute approximate surface area is 112 Å². The van der Waals surface area contributed by atoms with E-state index in [1.54, 1.807) is 11.8 Å². The first-order valence-corrected chi connectivity index (χ1v) is 6.37. The van der Waals surface area contributed by atoms with Crippen LogP contribution in [-0.2, 0) is 24.3 Å². The number of benzene rings is 1. The van der Waals surface area contributed by atoms with E-state index in [1.165, 1.54) is 6.33 Å². The van der Waals surface area contributed by atoms with E-state index in [-0.39, 0.29) is 0 Å². The highest BCUT2D eigenvalue weighted by Crippen LogP contribution is 2.18. The summed E-state index contributed by atoms with van der Waals surface area (Å²) in [7, 11) is 1.67. The van der Waals surface area contributed by atoms with Gasteiger partial charge >= 0.3 is 0 Å². The summed E-state index contributed by atoms with van der Waals surface area (Å²) in [6, 6.07) is 7.77. The van der Waals surface area contributed by atoms with Crippen molar-refractivity contribution < 1.29 is 9.84 Å². The van der Waals surface area contributed by atoms with Gasteiger partial charge in [0.25, 0.3) is 0 Å². The molecule has 0 aliphatic heterocycles. The van der Waals surface area contributed by atoms with Crippen molar-refractivity contribution in [3.8, 4) is 0 Å². The molecule has 0 saturated carbocycles. The molecule has 1 unspecified atom stereocenters. The Kier molecular flexibility index (Phi) is 4.65. The molecule has 1 aromatic heterocycles. The molecule has 1 N–H and O–H groups in total. The molecule has 5 heteroatoms. The summed E-state index contributed by atoms with van der Waals surface area (Å²) < 4.78 is 6.85. The minimum atomic E-state index is -0.564. The molecule has 0 spiro atoms. The van der Waals surface area contributed by atoms with E-state index in [9.17, 15) is 5.11 Å². The van der Waals surface area contributed by atoms with Gasteiger partial charge < -0.3 is 9.84 Å². The fraction of sp³-hybridized carbons (Fsp3) is 0.429. The quantitative estimate of drug-likeness (QED) is 0.860. The average Bonchev–Trinajstić information content (AvgIpc) is 2.87. The van der Waals surface area contributed by atoms with Gasteiger partial charge in [0.2, 0.25) is 0 Å². The van der Waals surface area contributed by atoms with Crippen molar-refractivity contribution in [2.24, 2.45) is 0 Å². The summed E-state index contributed by atoms with van der Waals surface area (Å²) in [5.41, 5.74) is 1.97. The van der Waals surface area contributed by atoms with Gasteiger partial charge in [-0.1, -0.05) is 24.3 Å². The molecule has 0 radical (unpaired) electrons. The molecule has 0 aliphatic rings. The molecule has 1 atom stereocenters. The monoisotopic (exact) mass is 261 g/mol. The van der Waals surface area contributed by atoms with Crippen molar-refractivity contribution in [1.82, 2.24) is 14.8 Å². The lowest BCUT2D eigenvalue weighted by Crippen LogP contribution is -2.09. The van der Waals surface area contributed by atoms with Gasteiger partial charge in [0.1, 0.15) is 12.2 Å². The van der Waals surface area contributed by atoms with E-state index in [0.717, 1.165) is 23.5 Å². The Balaban J connectivity index is 2.05. The second kappa shape index (κ2) is 6.45. The van der Waals surface area contributed by atoms with Crippen LogP contribution in [0.15, 0.2) is 30.6 Å². The summed E-state index contributed by atoms with van der Waals surface area (Å²) in [6.07, 6.45) is 1.43. The number of rotatable bonds is 6. The standard InChI is InChI=1S/C14H19N3O2/c1-3-17-14(15-10-16-17)8-13(18)12-6-4-11(5-7-12)9-19-2/h4-7,10,13,18H,3,8-9H2,1-2H3. The lowest BCUT2D eigenvalue weighted by atomic mass is 10.0. The highest BCUT2D eigenvalue weighted by atomic mass is 16.5. The van der Waals surface area contributed by atoms with Crippen LogP contribution in [0, 0.1) is 0 Å². The first-order chi connectivity index (χ1) is 9.24. The normalized spacial score (nSPS) is 12.6. The maximum Gasteiger partial charge on any atom is 0.138 e. The van der Waals surface area contributed by atoms with Crippen LogP contribution in [0.25, 0.3) is 0 Å². The van der Waals surface area contributed by atoms with Gasteiger partial charge in [-0.2, -0.15) is 5.10 Å². The summed E-state index contributed by atoms with van der Waals surface area (Å²) in [6.45, 7) is 3.35. The maximum atomic E-state index is 10.2. The number of nitrogens with zero attached hydrogens (tertiary/aromatic N) is 3. The average molecular weight is 261 g/mol. The zero-order valence-electron chi connectivity index (χ0n) is 11.3. The molecule has 0 saturated heterocycles. The number of aryl methyl sites for hydroxylation is 1. The van der Waals surface area contributed by atoms with Crippen molar-refractivity contribution in [2.45, 2.75) is 32.6 Å². The molecule has 1 heterocycles. The van der Waals surface area contributed by atoms with Gasteiger partial charge in [0.15, 0.2) is 0 Å². The van der Waals surface area contributed by atoms with Crippen molar-refractivity contribution in [3.05, 3.63) is 47.5 Å². The molecule has 0 fully saturated rings. The molecule has 2 aromatic rings. The van der Waals surface area contributed by atoms with Crippen LogP contribution in [0.5, 0.6) is 0 Å². The Morgan fingerprint density at radius 1 is 1.32 bits per heavy atom. The van der Waals surface area contributed by atoms with Gasteiger partial charge in [-0.05, 0) is 18.1 Å². The summed E-state index contributed by atoms with van der Waals surface area (Å²) >= 11 is 0. The van der Waals surface area contributed by atoms with Crippen molar-refractivity contribution >= 4 is 0 Å². The number of ether oxygens (including phenoxy) is 1. The number of aliphatic hydroxyl groups is 1. The first kappa shape index (κ1) is 13.7. The molecular weight excluding hydrogens is 242 g/mol. The number of aliphatic hydroxyl groups excluding tert-OH is 1. The van der Waals surface area contributed by atoms with Gasteiger partial charge in [-0.3, -0.25) is 4.68 Å². The lowest BCUT2D eigenvalue weighted by molar-refractivity contribution is 0.173. The topological polar surface area (TPSA) is 60.2 Å². The molecule has 1 aromatic carbocycles. The largest absolute Gasteiger partial charge is 0.388 e. The van der Waals surface area contributed by atoms with Crippen LogP contribution in [-0.4, -0.2) is 27.0 Å². The maximum absolute atomic E-state index is 10.2. The highest BCUT2D eigenvalue weighted by molar-refractivity contribution is 5.24. The number of hydrogen-bond acceptors (Lipinski definition) is 4. The molecule has 19 heavy (non-hydrogen) atoms. The first-order valence-electron chi connectivity index (χ1n) is 6.37. The van der Waals surface area contributed by atoms with E-state index in [4.69, 9.17) is 4.74 Å².